The van der Waals surface area contributed by atoms with Gasteiger partial charge in [-0.3, -0.25) is 4.99 Å². The Morgan fingerprint density at radius 3 is 2.67 bits per heavy atom. The number of rotatable bonds is 8. The second kappa shape index (κ2) is 10.00. The van der Waals surface area contributed by atoms with Crippen LogP contribution in [-0.4, -0.2) is 24.6 Å². The van der Waals surface area contributed by atoms with Gasteiger partial charge < -0.3 is 19.8 Å². The van der Waals surface area contributed by atoms with Gasteiger partial charge in [0.15, 0.2) is 5.96 Å². The minimum atomic E-state index is -0.0462. The van der Waals surface area contributed by atoms with Crippen LogP contribution < -0.4 is 15.4 Å². The van der Waals surface area contributed by atoms with Gasteiger partial charge in [-0.15, -0.1) is 0 Å². The van der Waals surface area contributed by atoms with Gasteiger partial charge in [0, 0.05) is 19.0 Å². The van der Waals surface area contributed by atoms with Crippen molar-refractivity contribution in [1.82, 2.24) is 15.6 Å². The van der Waals surface area contributed by atoms with Crippen molar-refractivity contribution in [2.24, 2.45) is 4.99 Å². The number of hydrogen-bond acceptors (Lipinski definition) is 4. The molecule has 0 unspecified atom stereocenters. The average Bonchev–Trinajstić information content (AvgIpc) is 3.12. The summed E-state index contributed by atoms with van der Waals surface area (Å²) in [5, 5.41) is 6.53. The molecule has 0 saturated heterocycles. The third kappa shape index (κ3) is 6.96. The zero-order valence-electron chi connectivity index (χ0n) is 17.1. The summed E-state index contributed by atoms with van der Waals surface area (Å²) in [5.74, 6) is 3.12. The number of benzene rings is 1. The summed E-state index contributed by atoms with van der Waals surface area (Å²) in [7, 11) is 1.75. The fraction of sp³-hybridized carbons (Fsp3) is 0.524. The van der Waals surface area contributed by atoms with Crippen molar-refractivity contribution in [1.29, 1.82) is 0 Å². The summed E-state index contributed by atoms with van der Waals surface area (Å²) in [6.07, 6.45) is 3.99. The van der Waals surface area contributed by atoms with E-state index in [9.17, 15) is 0 Å². The quantitative estimate of drug-likeness (QED) is 0.416. The molecule has 0 atom stereocenters. The molecule has 6 nitrogen and oxygen atoms in total. The maximum atomic E-state index is 5.80. The molecule has 0 fully saturated rings. The van der Waals surface area contributed by atoms with Crippen molar-refractivity contribution in [2.45, 2.75) is 59.0 Å². The molecule has 0 aliphatic carbocycles. The molecule has 0 bridgehead atoms. The normalized spacial score (nSPS) is 12.1. The molecular formula is C21H32N4O2. The van der Waals surface area contributed by atoms with Gasteiger partial charge >= 0.3 is 0 Å². The van der Waals surface area contributed by atoms with Crippen LogP contribution >= 0.6 is 0 Å². The molecule has 1 aromatic heterocycles. The van der Waals surface area contributed by atoms with Gasteiger partial charge in [-0.1, -0.05) is 46.2 Å². The summed E-state index contributed by atoms with van der Waals surface area (Å²) in [5.41, 5.74) is 1.09. The van der Waals surface area contributed by atoms with Crippen LogP contribution in [0.5, 0.6) is 5.75 Å². The van der Waals surface area contributed by atoms with E-state index < -0.39 is 0 Å². The predicted octanol–water partition coefficient (Wildman–Crippen LogP) is 4.02. The van der Waals surface area contributed by atoms with Gasteiger partial charge in [-0.2, -0.15) is 0 Å². The first kappa shape index (κ1) is 20.8. The number of guanidine groups is 1. The Bertz CT molecular complexity index is 732. The van der Waals surface area contributed by atoms with E-state index in [0.29, 0.717) is 24.9 Å². The highest BCUT2D eigenvalue weighted by Gasteiger charge is 2.19. The van der Waals surface area contributed by atoms with E-state index >= 15 is 0 Å². The Morgan fingerprint density at radius 2 is 2.00 bits per heavy atom. The maximum Gasteiger partial charge on any atom is 0.213 e. The monoisotopic (exact) mass is 372 g/mol. The molecule has 148 valence electrons. The summed E-state index contributed by atoms with van der Waals surface area (Å²) in [4.78, 5) is 8.58. The second-order valence-corrected chi connectivity index (χ2v) is 7.50. The molecule has 2 aromatic rings. The molecule has 2 N–H and O–H groups in total. The zero-order chi connectivity index (χ0) is 19.7. The number of aliphatic imine (C=N–C) groups is 1. The smallest absolute Gasteiger partial charge is 0.213 e. The first-order valence-corrected chi connectivity index (χ1v) is 9.54. The van der Waals surface area contributed by atoms with Crippen LogP contribution in [0, 0.1) is 0 Å². The molecule has 2 rings (SSSR count). The SMILES string of the molecule is CCCCOc1cccc(CNC(=NC)NCc2ncc(C(C)(C)C)o2)c1. The summed E-state index contributed by atoms with van der Waals surface area (Å²) in [6, 6.07) is 8.12. The minimum absolute atomic E-state index is 0.0462. The summed E-state index contributed by atoms with van der Waals surface area (Å²) < 4.78 is 11.6. The van der Waals surface area contributed by atoms with Gasteiger partial charge in [0.05, 0.1) is 19.3 Å². The van der Waals surface area contributed by atoms with E-state index in [0.717, 1.165) is 36.5 Å². The van der Waals surface area contributed by atoms with E-state index in [1.165, 1.54) is 0 Å². The molecular weight excluding hydrogens is 340 g/mol. The number of nitrogens with zero attached hydrogens (tertiary/aromatic N) is 2. The van der Waals surface area contributed by atoms with Crippen LogP contribution in [0.4, 0.5) is 0 Å². The first-order valence-electron chi connectivity index (χ1n) is 9.54. The van der Waals surface area contributed by atoms with Crippen LogP contribution in [0.3, 0.4) is 0 Å². The number of oxazole rings is 1. The molecule has 0 amide bonds. The topological polar surface area (TPSA) is 71.7 Å². The number of nitrogens with one attached hydrogen (secondary N) is 2. The highest BCUT2D eigenvalue weighted by atomic mass is 16.5. The lowest BCUT2D eigenvalue weighted by Gasteiger charge is -2.13. The Balaban J connectivity index is 1.83. The summed E-state index contributed by atoms with van der Waals surface area (Å²) >= 11 is 0. The standard InChI is InChI=1S/C21H32N4O2/c1-6-7-11-26-17-10-8-9-16(12-17)13-24-20(22-5)25-15-19-23-14-18(27-19)21(2,3)4/h8-10,12,14H,6-7,11,13,15H2,1-5H3,(H2,22,24,25). The van der Waals surface area contributed by atoms with Gasteiger partial charge in [0.2, 0.25) is 5.89 Å². The molecule has 0 saturated carbocycles. The molecule has 0 aliphatic heterocycles. The van der Waals surface area contributed by atoms with Gasteiger partial charge in [0.1, 0.15) is 11.5 Å². The lowest BCUT2D eigenvalue weighted by atomic mass is 9.94. The van der Waals surface area contributed by atoms with Gasteiger partial charge in [-0.05, 0) is 24.1 Å². The zero-order valence-corrected chi connectivity index (χ0v) is 17.1. The lowest BCUT2D eigenvalue weighted by Crippen LogP contribution is -2.36. The Morgan fingerprint density at radius 1 is 1.22 bits per heavy atom. The molecule has 1 aromatic carbocycles. The van der Waals surface area contributed by atoms with Crippen LogP contribution in [0.15, 0.2) is 39.9 Å². The van der Waals surface area contributed by atoms with E-state index in [2.05, 4.69) is 60.4 Å². The molecule has 0 spiro atoms. The van der Waals surface area contributed by atoms with Crippen molar-refractivity contribution < 1.29 is 9.15 Å². The van der Waals surface area contributed by atoms with Crippen molar-refractivity contribution >= 4 is 5.96 Å². The van der Waals surface area contributed by atoms with Crippen molar-refractivity contribution in [3.05, 3.63) is 47.7 Å². The number of aromatic nitrogens is 1. The molecule has 1 heterocycles. The molecule has 6 heteroatoms. The van der Waals surface area contributed by atoms with Crippen LogP contribution in [0.1, 0.15) is 57.8 Å². The molecule has 0 radical (unpaired) electrons. The highest BCUT2D eigenvalue weighted by Crippen LogP contribution is 2.22. The van der Waals surface area contributed by atoms with Gasteiger partial charge in [-0.25, -0.2) is 4.98 Å². The Hall–Kier alpha value is -2.50. The average molecular weight is 373 g/mol. The van der Waals surface area contributed by atoms with E-state index in [1.807, 2.05) is 12.1 Å². The Kier molecular flexibility index (Phi) is 7.70. The maximum absolute atomic E-state index is 5.80. The van der Waals surface area contributed by atoms with Crippen LogP contribution in [-0.2, 0) is 18.5 Å². The number of hydrogen-bond donors (Lipinski definition) is 2. The Labute approximate surface area is 162 Å². The van der Waals surface area contributed by atoms with Crippen molar-refractivity contribution in [2.75, 3.05) is 13.7 Å². The van der Waals surface area contributed by atoms with Gasteiger partial charge in [0.25, 0.3) is 0 Å². The lowest BCUT2D eigenvalue weighted by molar-refractivity contribution is 0.309. The summed E-state index contributed by atoms with van der Waals surface area (Å²) in [6.45, 7) is 10.4. The number of unbranched alkanes of at least 4 members (excludes halogenated alkanes) is 1. The number of ether oxygens (including phenoxy) is 1. The fourth-order valence-corrected chi connectivity index (χ4v) is 2.38. The third-order valence-corrected chi connectivity index (χ3v) is 4.05. The third-order valence-electron chi connectivity index (χ3n) is 4.05. The molecule has 0 aliphatic rings. The van der Waals surface area contributed by atoms with Crippen molar-refractivity contribution in [3.63, 3.8) is 0 Å². The van der Waals surface area contributed by atoms with Crippen molar-refractivity contribution in [3.8, 4) is 5.75 Å². The largest absolute Gasteiger partial charge is 0.494 e. The first-order chi connectivity index (χ1) is 12.9. The van der Waals surface area contributed by atoms with E-state index in [-0.39, 0.29) is 5.41 Å². The highest BCUT2D eigenvalue weighted by molar-refractivity contribution is 5.79. The van der Waals surface area contributed by atoms with E-state index in [4.69, 9.17) is 9.15 Å². The fourth-order valence-electron chi connectivity index (χ4n) is 2.38. The van der Waals surface area contributed by atoms with Crippen LogP contribution in [0.2, 0.25) is 0 Å². The predicted molar refractivity (Wildman–Crippen MR) is 109 cm³/mol. The minimum Gasteiger partial charge on any atom is -0.494 e. The molecule has 27 heavy (non-hydrogen) atoms. The van der Waals surface area contributed by atoms with Crippen LogP contribution in [0.25, 0.3) is 0 Å². The second-order valence-electron chi connectivity index (χ2n) is 7.50. The van der Waals surface area contributed by atoms with E-state index in [1.54, 1.807) is 13.2 Å².